The number of fused-ring (bicyclic) bond motifs is 5. The quantitative estimate of drug-likeness (QED) is 0.508. The van der Waals surface area contributed by atoms with Crippen molar-refractivity contribution >= 4 is 0 Å². The molecular weight excluding hydrogens is 348 g/mol. The number of rotatable bonds is 3. The molecule has 4 nitrogen and oxygen atoms in total. The van der Waals surface area contributed by atoms with Crippen LogP contribution in [0.25, 0.3) is 0 Å². The van der Waals surface area contributed by atoms with Crippen LogP contribution in [-0.2, 0) is 13.0 Å². The molecule has 1 aromatic carbocycles. The zero-order chi connectivity index (χ0) is 19.3. The summed E-state index contributed by atoms with van der Waals surface area (Å²) in [4.78, 5) is 2.46. The van der Waals surface area contributed by atoms with E-state index in [1.165, 1.54) is 16.7 Å². The molecule has 0 unspecified atom stereocenters. The highest BCUT2D eigenvalue weighted by Crippen LogP contribution is 2.57. The maximum absolute atomic E-state index is 11.8. The summed E-state index contributed by atoms with van der Waals surface area (Å²) < 4.78 is 0.920. The number of aryl methyl sites for hydroxylation is 1. The lowest BCUT2D eigenvalue weighted by atomic mass is 9.64. The van der Waals surface area contributed by atoms with Crippen LogP contribution in [0.3, 0.4) is 0 Å². The third-order valence-corrected chi connectivity index (χ3v) is 7.48. The number of β-amino-alcohol motifs (C(OH)–C–C–N with tert-alkyl or cyclic N) is 1. The first kappa shape index (κ1) is 17.9. The number of aromatic nitrogens is 1. The molecule has 1 N–H and O–H groups in total. The van der Waals surface area contributed by atoms with Gasteiger partial charge in [0.2, 0.25) is 0 Å². The predicted octanol–water partition coefficient (Wildman–Crippen LogP) is 3.38. The molecule has 2 aromatic rings. The molecule has 5 rings (SSSR count). The number of nitrogens with zero attached hydrogens (tertiary/aromatic N) is 2. The lowest BCUT2D eigenvalue weighted by molar-refractivity contribution is -0.606. The fraction of sp³-hybridized carbons (Fsp3) is 0.458. The van der Waals surface area contributed by atoms with Gasteiger partial charge in [-0.1, -0.05) is 36.4 Å². The summed E-state index contributed by atoms with van der Waals surface area (Å²) in [6, 6.07) is 12.8. The number of likely N-dealkylation sites (tertiary alicyclic amines) is 1. The summed E-state index contributed by atoms with van der Waals surface area (Å²) in [5, 5.41) is 23.6. The minimum Gasteiger partial charge on any atom is -0.619 e. The largest absolute Gasteiger partial charge is 0.619 e. The van der Waals surface area contributed by atoms with Crippen molar-refractivity contribution in [1.29, 1.82) is 0 Å². The fourth-order valence-electron chi connectivity index (χ4n) is 6.30. The molecule has 4 heteroatoms. The molecule has 28 heavy (non-hydrogen) atoms. The number of benzene rings is 1. The van der Waals surface area contributed by atoms with Gasteiger partial charge in [0.15, 0.2) is 12.4 Å². The van der Waals surface area contributed by atoms with E-state index in [0.717, 1.165) is 37.0 Å². The molecule has 146 valence electrons. The molecule has 1 aromatic heterocycles. The van der Waals surface area contributed by atoms with E-state index in [1.807, 2.05) is 18.2 Å². The molecule has 3 aliphatic rings. The minimum absolute atomic E-state index is 0.165. The van der Waals surface area contributed by atoms with Gasteiger partial charge in [-0.2, -0.15) is 4.73 Å². The number of piperidine rings is 1. The summed E-state index contributed by atoms with van der Waals surface area (Å²) in [7, 11) is 0. The zero-order valence-electron chi connectivity index (χ0n) is 16.2. The average molecular weight is 377 g/mol. The van der Waals surface area contributed by atoms with Crippen LogP contribution in [0.1, 0.15) is 42.0 Å². The van der Waals surface area contributed by atoms with Crippen molar-refractivity contribution in [3.8, 4) is 0 Å². The van der Waals surface area contributed by atoms with Crippen LogP contribution < -0.4 is 4.73 Å². The Morgan fingerprint density at radius 2 is 2.04 bits per heavy atom. The molecular formula is C24H28N2O2. The second-order valence-corrected chi connectivity index (χ2v) is 8.84. The second-order valence-electron chi connectivity index (χ2n) is 8.84. The van der Waals surface area contributed by atoms with Gasteiger partial charge in [0, 0.05) is 36.7 Å². The van der Waals surface area contributed by atoms with Crippen LogP contribution in [0.2, 0.25) is 0 Å². The molecule has 5 atom stereocenters. The SMILES string of the molecule is C=C[C@@H]1CC[C@H]2[C@@H]3CCc4c[n+]([O-])ccc4[C@H]3N(Cc3ccccc3)C[C@]12O. The molecule has 2 heterocycles. The number of aliphatic hydroxyl groups is 1. The van der Waals surface area contributed by atoms with E-state index < -0.39 is 5.60 Å². The van der Waals surface area contributed by atoms with E-state index in [0.29, 0.717) is 18.4 Å². The first-order valence-corrected chi connectivity index (χ1v) is 10.4. The first-order valence-electron chi connectivity index (χ1n) is 10.4. The van der Waals surface area contributed by atoms with Gasteiger partial charge in [0.1, 0.15) is 0 Å². The highest BCUT2D eigenvalue weighted by Gasteiger charge is 2.58. The van der Waals surface area contributed by atoms with Gasteiger partial charge < -0.3 is 10.3 Å². The summed E-state index contributed by atoms with van der Waals surface area (Å²) in [5.74, 6) is 0.889. The molecule has 2 aliphatic carbocycles. The highest BCUT2D eigenvalue weighted by molar-refractivity contribution is 5.32. The molecule has 0 spiro atoms. The lowest BCUT2D eigenvalue weighted by Crippen LogP contribution is -2.59. The molecule has 1 saturated heterocycles. The van der Waals surface area contributed by atoms with Crippen molar-refractivity contribution in [1.82, 2.24) is 4.90 Å². The molecule has 0 bridgehead atoms. The van der Waals surface area contributed by atoms with Gasteiger partial charge in [-0.3, -0.25) is 4.90 Å². The Morgan fingerprint density at radius 3 is 2.82 bits per heavy atom. The highest BCUT2D eigenvalue weighted by atomic mass is 16.5. The van der Waals surface area contributed by atoms with E-state index in [2.05, 4.69) is 35.7 Å². The summed E-state index contributed by atoms with van der Waals surface area (Å²) in [6.07, 6.45) is 9.39. The van der Waals surface area contributed by atoms with Crippen molar-refractivity contribution in [3.05, 3.63) is 83.3 Å². The predicted molar refractivity (Wildman–Crippen MR) is 108 cm³/mol. The van der Waals surface area contributed by atoms with E-state index in [4.69, 9.17) is 0 Å². The Kier molecular flexibility index (Phi) is 4.29. The summed E-state index contributed by atoms with van der Waals surface area (Å²) in [5.41, 5.74) is 3.02. The van der Waals surface area contributed by atoms with E-state index in [-0.39, 0.29) is 12.0 Å². The van der Waals surface area contributed by atoms with Gasteiger partial charge >= 0.3 is 0 Å². The van der Waals surface area contributed by atoms with Gasteiger partial charge in [-0.25, -0.2) is 0 Å². The van der Waals surface area contributed by atoms with Gasteiger partial charge in [-0.15, -0.1) is 6.58 Å². The summed E-state index contributed by atoms with van der Waals surface area (Å²) in [6.45, 7) is 5.50. The van der Waals surface area contributed by atoms with Crippen molar-refractivity contribution in [2.75, 3.05) is 6.54 Å². The van der Waals surface area contributed by atoms with E-state index in [1.54, 1.807) is 12.4 Å². The molecule has 0 amide bonds. The Balaban J connectivity index is 1.58. The monoisotopic (exact) mass is 376 g/mol. The number of pyridine rings is 1. The summed E-state index contributed by atoms with van der Waals surface area (Å²) >= 11 is 0. The third kappa shape index (κ3) is 2.70. The van der Waals surface area contributed by atoms with Crippen molar-refractivity contribution in [3.63, 3.8) is 0 Å². The average Bonchev–Trinajstić information content (AvgIpc) is 3.04. The van der Waals surface area contributed by atoms with Crippen molar-refractivity contribution in [2.45, 2.75) is 43.9 Å². The Labute approximate surface area is 166 Å². The second kappa shape index (κ2) is 6.71. The zero-order valence-corrected chi connectivity index (χ0v) is 16.2. The lowest BCUT2D eigenvalue weighted by Gasteiger charge is -2.54. The van der Waals surface area contributed by atoms with Crippen molar-refractivity contribution < 1.29 is 9.84 Å². The maximum Gasteiger partial charge on any atom is 0.183 e. The topological polar surface area (TPSA) is 50.4 Å². The van der Waals surface area contributed by atoms with Crippen molar-refractivity contribution in [2.24, 2.45) is 17.8 Å². The van der Waals surface area contributed by atoms with Crippen LogP contribution in [0.15, 0.2) is 61.4 Å². The fourth-order valence-corrected chi connectivity index (χ4v) is 6.30. The van der Waals surface area contributed by atoms with Gasteiger partial charge in [-0.05, 0) is 48.6 Å². The smallest absolute Gasteiger partial charge is 0.183 e. The standard InChI is InChI=1S/C24H28N2O2/c1-2-19-9-11-22-21-10-8-18-15-26(28)13-12-20(18)23(21)25(16-24(19,22)27)14-17-6-4-3-5-7-17/h2-7,12-13,15,19,21-23,27H,1,8-11,14,16H2/t19-,21+,22+,23-,24+/m1/s1. The van der Waals surface area contributed by atoms with E-state index >= 15 is 0 Å². The Morgan fingerprint density at radius 1 is 1.21 bits per heavy atom. The van der Waals surface area contributed by atoms with E-state index in [9.17, 15) is 10.3 Å². The Bertz CT molecular complexity index is 883. The minimum atomic E-state index is -0.692. The Hall–Kier alpha value is -2.17. The third-order valence-electron chi connectivity index (χ3n) is 7.48. The van der Waals surface area contributed by atoms with Gasteiger partial charge in [0.05, 0.1) is 5.60 Å². The van der Waals surface area contributed by atoms with Crippen LogP contribution in [-0.4, -0.2) is 22.2 Å². The maximum atomic E-state index is 11.8. The molecule has 1 aliphatic heterocycles. The van der Waals surface area contributed by atoms with Crippen LogP contribution >= 0.6 is 0 Å². The van der Waals surface area contributed by atoms with Crippen LogP contribution in [0.5, 0.6) is 0 Å². The molecule has 0 radical (unpaired) electrons. The van der Waals surface area contributed by atoms with Crippen LogP contribution in [0, 0.1) is 23.0 Å². The molecule has 2 fully saturated rings. The normalized spacial score (nSPS) is 34.3. The first-order chi connectivity index (χ1) is 13.6. The van der Waals surface area contributed by atoms with Gasteiger partial charge in [0.25, 0.3) is 0 Å². The number of hydrogen-bond acceptors (Lipinski definition) is 3. The van der Waals surface area contributed by atoms with Crippen LogP contribution in [0.4, 0.5) is 0 Å². The number of hydrogen-bond donors (Lipinski definition) is 1. The molecule has 1 saturated carbocycles.